The Bertz CT molecular complexity index is 1880. The molecule has 0 radical (unpaired) electrons. The van der Waals surface area contributed by atoms with Crippen molar-refractivity contribution in [2.45, 2.75) is 26.5 Å². The summed E-state index contributed by atoms with van der Waals surface area (Å²) in [5.41, 5.74) is 2.12. The van der Waals surface area contributed by atoms with Gasteiger partial charge in [-0.2, -0.15) is 0 Å². The van der Waals surface area contributed by atoms with Crippen molar-refractivity contribution in [1.29, 1.82) is 0 Å². The lowest BCUT2D eigenvalue weighted by Crippen LogP contribution is -2.39. The lowest BCUT2D eigenvalue weighted by Gasteiger charge is -2.24. The highest BCUT2D eigenvalue weighted by Crippen LogP contribution is 2.31. The van der Waals surface area contributed by atoms with Crippen LogP contribution in [0.3, 0.4) is 0 Å². The Morgan fingerprint density at radius 1 is 1.10 bits per heavy atom. The maximum absolute atomic E-state index is 14.1. The molecule has 1 aliphatic heterocycles. The molecule has 5 rings (SSSR count). The van der Waals surface area contributed by atoms with Crippen LogP contribution in [-0.2, 0) is 16.1 Å². The van der Waals surface area contributed by atoms with E-state index in [1.54, 1.807) is 50.3 Å². The zero-order valence-electron chi connectivity index (χ0n) is 22.9. The summed E-state index contributed by atoms with van der Waals surface area (Å²) < 4.78 is 45.5. The number of rotatable bonds is 8. The number of halogens is 2. The maximum atomic E-state index is 14.1. The molecule has 1 unspecified atom stereocenters. The first-order valence-corrected chi connectivity index (χ1v) is 13.7. The van der Waals surface area contributed by atoms with Crippen LogP contribution in [0.4, 0.5) is 8.78 Å². The summed E-state index contributed by atoms with van der Waals surface area (Å²) in [5, 5.41) is 9.83. The zero-order valence-corrected chi connectivity index (χ0v) is 23.7. The van der Waals surface area contributed by atoms with Gasteiger partial charge >= 0.3 is 5.97 Å². The maximum Gasteiger partial charge on any atom is 0.338 e. The molecule has 216 valence electrons. The van der Waals surface area contributed by atoms with Crippen molar-refractivity contribution in [2.24, 2.45) is 4.99 Å². The summed E-state index contributed by atoms with van der Waals surface area (Å²) in [6, 6.07) is 13.7. The van der Waals surface area contributed by atoms with Crippen LogP contribution in [0, 0.1) is 11.6 Å². The van der Waals surface area contributed by atoms with Gasteiger partial charge in [0, 0.05) is 11.6 Å². The Hall–Kier alpha value is -4.77. The molecular formula is C31H26F2N2O6S. The second-order valence-corrected chi connectivity index (χ2v) is 10.3. The molecule has 0 saturated carbocycles. The van der Waals surface area contributed by atoms with Gasteiger partial charge < -0.3 is 19.3 Å². The fourth-order valence-electron chi connectivity index (χ4n) is 4.66. The van der Waals surface area contributed by atoms with Gasteiger partial charge in [-0.3, -0.25) is 9.36 Å². The van der Waals surface area contributed by atoms with Gasteiger partial charge in [-0.05, 0) is 67.4 Å². The predicted octanol–water partition coefficient (Wildman–Crippen LogP) is 4.37. The Morgan fingerprint density at radius 3 is 2.52 bits per heavy atom. The van der Waals surface area contributed by atoms with Crippen LogP contribution in [0.15, 0.2) is 81.7 Å². The monoisotopic (exact) mass is 592 g/mol. The molecule has 0 fully saturated rings. The number of hydrogen-bond donors (Lipinski definition) is 1. The van der Waals surface area contributed by atoms with Crippen molar-refractivity contribution in [3.8, 4) is 17.2 Å². The number of carbonyl (C=O) groups excluding carboxylic acids is 1. The second kappa shape index (κ2) is 12.0. The van der Waals surface area contributed by atoms with E-state index in [2.05, 4.69) is 4.99 Å². The van der Waals surface area contributed by atoms with E-state index >= 15 is 0 Å². The van der Waals surface area contributed by atoms with E-state index in [1.807, 2.05) is 0 Å². The number of allylic oxidation sites excluding steroid dienone is 1. The van der Waals surface area contributed by atoms with E-state index in [9.17, 15) is 23.5 Å². The van der Waals surface area contributed by atoms with Gasteiger partial charge in [-0.1, -0.05) is 29.5 Å². The van der Waals surface area contributed by atoms with Crippen LogP contribution in [0.25, 0.3) is 6.08 Å². The quantitative estimate of drug-likeness (QED) is 0.305. The first kappa shape index (κ1) is 28.7. The highest BCUT2D eigenvalue weighted by Gasteiger charge is 2.33. The van der Waals surface area contributed by atoms with Crippen molar-refractivity contribution in [1.82, 2.24) is 4.57 Å². The number of carbonyl (C=O) groups is 1. The van der Waals surface area contributed by atoms with E-state index in [0.29, 0.717) is 37.5 Å². The average molecular weight is 593 g/mol. The van der Waals surface area contributed by atoms with E-state index in [4.69, 9.17) is 14.2 Å². The van der Waals surface area contributed by atoms with Gasteiger partial charge in [0.15, 0.2) is 16.4 Å². The number of thiazole rings is 1. The topological polar surface area (TPSA) is 99.4 Å². The Kier molecular flexibility index (Phi) is 8.21. The van der Waals surface area contributed by atoms with Crippen LogP contribution in [0.1, 0.15) is 36.6 Å². The fraction of sp³-hybridized carbons (Fsp3) is 0.194. The number of nitrogens with zero attached hydrogens (tertiary/aromatic N) is 2. The molecule has 3 aromatic carbocycles. The SMILES string of the molecule is CCOC(=O)C1=C(C)N=c2s/c(=C/c3ccc(OC)c(COc4ccc(F)cc4F)c3)c(=O)n2C1c1ccc(O)cc1. The van der Waals surface area contributed by atoms with Crippen LogP contribution in [-0.4, -0.2) is 29.4 Å². The molecule has 11 heteroatoms. The Balaban J connectivity index is 1.57. The molecule has 1 aromatic heterocycles. The number of aromatic hydroxyl groups is 1. The summed E-state index contributed by atoms with van der Waals surface area (Å²) in [7, 11) is 1.49. The number of benzene rings is 3. The molecule has 0 saturated heterocycles. The number of fused-ring (bicyclic) bond motifs is 1. The summed E-state index contributed by atoms with van der Waals surface area (Å²) in [5.74, 6) is -1.70. The molecule has 0 amide bonds. The summed E-state index contributed by atoms with van der Waals surface area (Å²) in [6.07, 6.45) is 1.68. The summed E-state index contributed by atoms with van der Waals surface area (Å²) in [6.45, 7) is 3.47. The first-order valence-electron chi connectivity index (χ1n) is 12.9. The van der Waals surface area contributed by atoms with Crippen LogP contribution >= 0.6 is 11.3 Å². The normalized spacial score (nSPS) is 14.8. The smallest absolute Gasteiger partial charge is 0.338 e. The summed E-state index contributed by atoms with van der Waals surface area (Å²) in [4.78, 5) is 31.8. The van der Waals surface area contributed by atoms with E-state index in [1.165, 1.54) is 29.9 Å². The highest BCUT2D eigenvalue weighted by atomic mass is 32.1. The molecule has 4 aromatic rings. The molecule has 0 bridgehead atoms. The van der Waals surface area contributed by atoms with Gasteiger partial charge in [0.05, 0.1) is 35.6 Å². The first-order chi connectivity index (χ1) is 20.2. The zero-order chi connectivity index (χ0) is 30.0. The number of ether oxygens (including phenoxy) is 3. The minimum atomic E-state index is -0.827. The van der Waals surface area contributed by atoms with E-state index in [-0.39, 0.29) is 35.8 Å². The van der Waals surface area contributed by atoms with Gasteiger partial charge in [0.2, 0.25) is 0 Å². The molecular weight excluding hydrogens is 566 g/mol. The standard InChI is InChI=1S/C31H26F2N2O6S/c1-4-40-30(38)27-17(2)34-31-35(28(27)19-6-9-22(36)10-7-19)29(37)26(42-31)14-18-5-11-24(39-3)20(13-18)16-41-25-12-8-21(32)15-23(25)33/h5-15,28,36H,4,16H2,1-3H3/b26-14+. The van der Waals surface area contributed by atoms with E-state index in [0.717, 1.165) is 23.5 Å². The molecule has 0 aliphatic carbocycles. The van der Waals surface area contributed by atoms with E-state index < -0.39 is 23.6 Å². The van der Waals surface area contributed by atoms with Crippen molar-refractivity contribution in [3.05, 3.63) is 120 Å². The third-order valence-electron chi connectivity index (χ3n) is 6.61. The number of hydrogen-bond acceptors (Lipinski definition) is 8. The van der Waals surface area contributed by atoms with Crippen LogP contribution < -0.4 is 24.4 Å². The molecule has 1 aliphatic rings. The fourth-order valence-corrected chi connectivity index (χ4v) is 5.71. The lowest BCUT2D eigenvalue weighted by molar-refractivity contribution is -0.139. The molecule has 1 atom stereocenters. The lowest BCUT2D eigenvalue weighted by atomic mass is 9.96. The van der Waals surface area contributed by atoms with Crippen molar-refractivity contribution < 1.29 is 32.9 Å². The Labute approximate surface area is 243 Å². The predicted molar refractivity (Wildman–Crippen MR) is 152 cm³/mol. The van der Waals surface area contributed by atoms with Crippen LogP contribution in [0.2, 0.25) is 0 Å². The third-order valence-corrected chi connectivity index (χ3v) is 7.59. The number of aromatic nitrogens is 1. The van der Waals surface area contributed by atoms with Gasteiger partial charge in [0.25, 0.3) is 5.56 Å². The highest BCUT2D eigenvalue weighted by molar-refractivity contribution is 7.07. The number of methoxy groups -OCH3 is 1. The molecule has 2 heterocycles. The van der Waals surface area contributed by atoms with Gasteiger partial charge in [0.1, 0.15) is 23.9 Å². The minimum Gasteiger partial charge on any atom is -0.508 e. The third kappa shape index (κ3) is 5.68. The van der Waals surface area contributed by atoms with Gasteiger partial charge in [-0.15, -0.1) is 0 Å². The van der Waals surface area contributed by atoms with Crippen molar-refractivity contribution in [3.63, 3.8) is 0 Å². The molecule has 42 heavy (non-hydrogen) atoms. The van der Waals surface area contributed by atoms with Crippen LogP contribution in [0.5, 0.6) is 17.2 Å². The minimum absolute atomic E-state index is 0.0472. The molecule has 0 spiro atoms. The second-order valence-electron chi connectivity index (χ2n) is 9.33. The number of esters is 1. The van der Waals surface area contributed by atoms with Crippen molar-refractivity contribution >= 4 is 23.4 Å². The summed E-state index contributed by atoms with van der Waals surface area (Å²) >= 11 is 1.16. The average Bonchev–Trinajstić information content (AvgIpc) is 3.26. The largest absolute Gasteiger partial charge is 0.508 e. The number of phenolic OH excluding ortho intramolecular Hbond substituents is 1. The molecule has 1 N–H and O–H groups in total. The Morgan fingerprint density at radius 2 is 1.83 bits per heavy atom. The number of phenols is 1. The van der Waals surface area contributed by atoms with Crippen molar-refractivity contribution in [2.75, 3.05) is 13.7 Å². The van der Waals surface area contributed by atoms with Gasteiger partial charge in [-0.25, -0.2) is 18.6 Å². The molecule has 8 nitrogen and oxygen atoms in total.